The molecule has 6 nitrogen and oxygen atoms in total. The number of methoxy groups -OCH3 is 1. The molecule has 0 radical (unpaired) electrons. The Hall–Kier alpha value is -1.66. The number of halogens is 1. The lowest BCUT2D eigenvalue weighted by atomic mass is 10.1. The molecule has 1 aromatic heterocycles. The lowest BCUT2D eigenvalue weighted by molar-refractivity contribution is 0.149. The summed E-state index contributed by atoms with van der Waals surface area (Å²) in [5.74, 6) is 0.910. The van der Waals surface area contributed by atoms with Gasteiger partial charge in [0.2, 0.25) is 0 Å². The summed E-state index contributed by atoms with van der Waals surface area (Å²) in [5, 5.41) is 12.3. The van der Waals surface area contributed by atoms with E-state index in [1.54, 1.807) is 30.0 Å². The molecule has 0 amide bonds. The Morgan fingerprint density at radius 3 is 3.00 bits per heavy atom. The molecule has 1 heterocycles. The first kappa shape index (κ1) is 13.8. The number of nitrogens with two attached hydrogens (primary N) is 1. The average molecular weight is 282 g/mol. The van der Waals surface area contributed by atoms with Crippen LogP contribution in [0.1, 0.15) is 6.92 Å². The van der Waals surface area contributed by atoms with Gasteiger partial charge in [0.05, 0.1) is 11.6 Å². The number of anilines is 1. The quantitative estimate of drug-likeness (QED) is 0.846. The van der Waals surface area contributed by atoms with E-state index in [1.807, 2.05) is 0 Å². The van der Waals surface area contributed by atoms with Crippen molar-refractivity contribution in [3.8, 4) is 11.4 Å². The minimum absolute atomic E-state index is 0.298. The van der Waals surface area contributed by atoms with Crippen molar-refractivity contribution in [3.05, 3.63) is 23.2 Å². The smallest absolute Gasteiger partial charge is 0.183 e. The second-order valence-electron chi connectivity index (χ2n) is 4.48. The highest BCUT2D eigenvalue weighted by Crippen LogP contribution is 2.28. The zero-order valence-electron chi connectivity index (χ0n) is 10.9. The molecule has 2 aromatic rings. The lowest BCUT2D eigenvalue weighted by Crippen LogP contribution is -2.15. The standard InChI is InChI=1S/C12H16ClN5O/c1-8(7-19-2)6-18-12(15-16-17-18)10-5-9(14)3-4-11(10)13/h3-5,8H,6-7,14H2,1-2H3. The van der Waals surface area contributed by atoms with Crippen LogP contribution in [-0.4, -0.2) is 33.9 Å². The monoisotopic (exact) mass is 281 g/mol. The molecule has 0 aliphatic heterocycles. The zero-order valence-corrected chi connectivity index (χ0v) is 11.6. The summed E-state index contributed by atoms with van der Waals surface area (Å²) in [6.07, 6.45) is 0. The summed E-state index contributed by atoms with van der Waals surface area (Å²) < 4.78 is 6.83. The van der Waals surface area contributed by atoms with Crippen molar-refractivity contribution in [3.63, 3.8) is 0 Å². The molecule has 2 rings (SSSR count). The molecule has 0 fully saturated rings. The Morgan fingerprint density at radius 2 is 2.26 bits per heavy atom. The molecule has 19 heavy (non-hydrogen) atoms. The number of rotatable bonds is 5. The molecule has 0 aliphatic rings. The fourth-order valence-electron chi connectivity index (χ4n) is 1.87. The Morgan fingerprint density at radius 1 is 1.47 bits per heavy atom. The highest BCUT2D eigenvalue weighted by atomic mass is 35.5. The number of ether oxygens (including phenoxy) is 1. The molecule has 0 saturated heterocycles. The van der Waals surface area contributed by atoms with Gasteiger partial charge >= 0.3 is 0 Å². The minimum Gasteiger partial charge on any atom is -0.399 e. The first-order chi connectivity index (χ1) is 9.11. The largest absolute Gasteiger partial charge is 0.399 e. The first-order valence-electron chi connectivity index (χ1n) is 5.92. The molecule has 0 saturated carbocycles. The van der Waals surface area contributed by atoms with Gasteiger partial charge in [0.25, 0.3) is 0 Å². The third kappa shape index (κ3) is 3.21. The number of nitrogen functional groups attached to an aromatic ring is 1. The van der Waals surface area contributed by atoms with E-state index in [4.69, 9.17) is 22.1 Å². The molecule has 1 aromatic carbocycles. The summed E-state index contributed by atoms with van der Waals surface area (Å²) in [7, 11) is 1.67. The molecule has 1 atom stereocenters. The highest BCUT2D eigenvalue weighted by Gasteiger charge is 2.14. The van der Waals surface area contributed by atoms with Crippen LogP contribution in [0.25, 0.3) is 11.4 Å². The van der Waals surface area contributed by atoms with Gasteiger partial charge in [-0.25, -0.2) is 4.68 Å². The van der Waals surface area contributed by atoms with Crippen LogP contribution in [0, 0.1) is 5.92 Å². The maximum Gasteiger partial charge on any atom is 0.183 e. The van der Waals surface area contributed by atoms with Crippen molar-refractivity contribution in [2.24, 2.45) is 5.92 Å². The van der Waals surface area contributed by atoms with E-state index < -0.39 is 0 Å². The predicted octanol–water partition coefficient (Wildman–Crippen LogP) is 1.86. The number of aromatic nitrogens is 4. The SMILES string of the molecule is COCC(C)Cn1nnnc1-c1cc(N)ccc1Cl. The van der Waals surface area contributed by atoms with Crippen molar-refractivity contribution in [2.75, 3.05) is 19.5 Å². The van der Waals surface area contributed by atoms with Crippen molar-refractivity contribution in [1.82, 2.24) is 20.2 Å². The number of hydrogen-bond acceptors (Lipinski definition) is 5. The third-order valence-corrected chi connectivity index (χ3v) is 3.03. The van der Waals surface area contributed by atoms with Crippen LogP contribution in [0.15, 0.2) is 18.2 Å². The van der Waals surface area contributed by atoms with Gasteiger partial charge in [0, 0.05) is 24.9 Å². The summed E-state index contributed by atoms with van der Waals surface area (Å²) in [6, 6.07) is 5.25. The van der Waals surface area contributed by atoms with Crippen molar-refractivity contribution in [1.29, 1.82) is 0 Å². The first-order valence-corrected chi connectivity index (χ1v) is 6.30. The number of nitrogens with zero attached hydrogens (tertiary/aromatic N) is 4. The van der Waals surface area contributed by atoms with Crippen LogP contribution in [0.3, 0.4) is 0 Å². The van der Waals surface area contributed by atoms with E-state index in [-0.39, 0.29) is 0 Å². The molecule has 0 bridgehead atoms. The summed E-state index contributed by atoms with van der Waals surface area (Å²) >= 11 is 6.17. The minimum atomic E-state index is 0.298. The Labute approximate surface area is 116 Å². The van der Waals surface area contributed by atoms with Crippen LogP contribution in [0.5, 0.6) is 0 Å². The molecule has 0 aliphatic carbocycles. The lowest BCUT2D eigenvalue weighted by Gasteiger charge is -2.11. The van der Waals surface area contributed by atoms with Crippen molar-refractivity contribution >= 4 is 17.3 Å². The van der Waals surface area contributed by atoms with Crippen LogP contribution >= 0.6 is 11.6 Å². The maximum absolute atomic E-state index is 6.17. The van der Waals surface area contributed by atoms with E-state index >= 15 is 0 Å². The van der Waals surface area contributed by atoms with Gasteiger partial charge in [-0.3, -0.25) is 0 Å². The topological polar surface area (TPSA) is 78.8 Å². The molecule has 0 spiro atoms. The second kappa shape index (κ2) is 5.99. The zero-order chi connectivity index (χ0) is 13.8. The van der Waals surface area contributed by atoms with E-state index in [1.165, 1.54) is 0 Å². The van der Waals surface area contributed by atoms with Gasteiger partial charge in [0.1, 0.15) is 0 Å². The van der Waals surface area contributed by atoms with Gasteiger partial charge in [-0.05, 0) is 34.5 Å². The van der Waals surface area contributed by atoms with Crippen LogP contribution < -0.4 is 5.73 Å². The Bertz CT molecular complexity index is 557. The predicted molar refractivity (Wildman–Crippen MR) is 73.7 cm³/mol. The Balaban J connectivity index is 2.31. The summed E-state index contributed by atoms with van der Waals surface area (Å²) in [5.41, 5.74) is 7.13. The third-order valence-electron chi connectivity index (χ3n) is 2.70. The van der Waals surface area contributed by atoms with Crippen LogP contribution in [0.2, 0.25) is 5.02 Å². The fraction of sp³-hybridized carbons (Fsp3) is 0.417. The van der Waals surface area contributed by atoms with E-state index in [0.29, 0.717) is 35.6 Å². The second-order valence-corrected chi connectivity index (χ2v) is 4.89. The van der Waals surface area contributed by atoms with Gasteiger partial charge in [-0.2, -0.15) is 0 Å². The van der Waals surface area contributed by atoms with E-state index in [0.717, 1.165) is 5.56 Å². The van der Waals surface area contributed by atoms with E-state index in [9.17, 15) is 0 Å². The Kier molecular flexibility index (Phi) is 4.34. The van der Waals surface area contributed by atoms with Crippen LogP contribution in [-0.2, 0) is 11.3 Å². The molecule has 1 unspecified atom stereocenters. The van der Waals surface area contributed by atoms with Crippen LogP contribution in [0.4, 0.5) is 5.69 Å². The van der Waals surface area contributed by atoms with Gasteiger partial charge in [-0.1, -0.05) is 18.5 Å². The van der Waals surface area contributed by atoms with Crippen molar-refractivity contribution < 1.29 is 4.74 Å². The van der Waals surface area contributed by atoms with E-state index in [2.05, 4.69) is 22.4 Å². The van der Waals surface area contributed by atoms with Gasteiger partial charge in [-0.15, -0.1) is 5.10 Å². The molecular weight excluding hydrogens is 266 g/mol. The van der Waals surface area contributed by atoms with Crippen molar-refractivity contribution in [2.45, 2.75) is 13.5 Å². The fourth-order valence-corrected chi connectivity index (χ4v) is 2.07. The van der Waals surface area contributed by atoms with Gasteiger partial charge in [0.15, 0.2) is 5.82 Å². The number of benzene rings is 1. The molecule has 2 N–H and O–H groups in total. The summed E-state index contributed by atoms with van der Waals surface area (Å²) in [4.78, 5) is 0. The molecule has 7 heteroatoms. The summed E-state index contributed by atoms with van der Waals surface area (Å²) in [6.45, 7) is 3.36. The normalized spacial score (nSPS) is 12.6. The molecule has 102 valence electrons. The number of hydrogen-bond donors (Lipinski definition) is 1. The molecular formula is C12H16ClN5O. The maximum atomic E-state index is 6.17. The average Bonchev–Trinajstić information content (AvgIpc) is 2.80. The highest BCUT2D eigenvalue weighted by molar-refractivity contribution is 6.33. The van der Waals surface area contributed by atoms with Gasteiger partial charge < -0.3 is 10.5 Å². The number of tetrazole rings is 1.